The van der Waals surface area contributed by atoms with Crippen LogP contribution in [0, 0.1) is 0 Å². The number of hydrogen-bond donors (Lipinski definition) is 1. The molecule has 0 amide bonds. The predicted octanol–water partition coefficient (Wildman–Crippen LogP) is 2.66. The van der Waals surface area contributed by atoms with E-state index in [9.17, 15) is 0 Å². The van der Waals surface area contributed by atoms with Crippen molar-refractivity contribution in [3.05, 3.63) is 16.4 Å². The summed E-state index contributed by atoms with van der Waals surface area (Å²) in [6.45, 7) is 7.35. The Morgan fingerprint density at radius 1 is 1.44 bits per heavy atom. The van der Waals surface area contributed by atoms with Crippen LogP contribution in [0.2, 0.25) is 0 Å². The second kappa shape index (κ2) is 7.92. The molecular formula is C13H25BrN4. The Labute approximate surface area is 119 Å². The first-order valence-corrected chi connectivity index (χ1v) is 7.48. The minimum atomic E-state index is 0.365. The van der Waals surface area contributed by atoms with Crippen molar-refractivity contribution in [3.63, 3.8) is 0 Å². The molecule has 0 fully saturated rings. The average molecular weight is 317 g/mol. The normalized spacial score (nSPS) is 13.2. The van der Waals surface area contributed by atoms with E-state index in [0.717, 1.165) is 36.9 Å². The third-order valence-corrected chi connectivity index (χ3v) is 3.58. The van der Waals surface area contributed by atoms with E-state index in [0.29, 0.717) is 6.04 Å². The second-order valence-corrected chi connectivity index (χ2v) is 5.65. The van der Waals surface area contributed by atoms with Gasteiger partial charge in [0.2, 0.25) is 0 Å². The molecule has 1 unspecified atom stereocenters. The number of rotatable bonds is 8. The zero-order chi connectivity index (χ0) is 13.5. The SMILES string of the molecule is CCCNC(CCN(C)C)c1c(Br)cnn1CC. The summed E-state index contributed by atoms with van der Waals surface area (Å²) < 4.78 is 3.18. The van der Waals surface area contributed by atoms with Gasteiger partial charge in [-0.15, -0.1) is 0 Å². The summed E-state index contributed by atoms with van der Waals surface area (Å²) in [6.07, 6.45) is 4.14. The molecule has 1 aromatic rings. The highest BCUT2D eigenvalue weighted by Crippen LogP contribution is 2.25. The van der Waals surface area contributed by atoms with Crippen molar-refractivity contribution in [2.45, 2.75) is 39.3 Å². The van der Waals surface area contributed by atoms with Crippen LogP contribution in [-0.4, -0.2) is 41.9 Å². The Hall–Kier alpha value is -0.390. The molecule has 0 bridgehead atoms. The Balaban J connectivity index is 2.82. The Morgan fingerprint density at radius 3 is 2.72 bits per heavy atom. The van der Waals surface area contributed by atoms with E-state index in [4.69, 9.17) is 0 Å². The lowest BCUT2D eigenvalue weighted by Crippen LogP contribution is -2.28. The fourth-order valence-corrected chi connectivity index (χ4v) is 2.58. The van der Waals surface area contributed by atoms with Crippen LogP contribution in [0.5, 0.6) is 0 Å². The number of halogens is 1. The fourth-order valence-electron chi connectivity index (χ4n) is 2.01. The highest BCUT2D eigenvalue weighted by molar-refractivity contribution is 9.10. The molecule has 0 saturated carbocycles. The van der Waals surface area contributed by atoms with Crippen LogP contribution in [0.15, 0.2) is 10.7 Å². The van der Waals surface area contributed by atoms with Crippen LogP contribution in [0.1, 0.15) is 38.4 Å². The first-order chi connectivity index (χ1) is 8.60. The molecule has 104 valence electrons. The average Bonchev–Trinajstić information content (AvgIpc) is 2.71. The zero-order valence-electron chi connectivity index (χ0n) is 11.9. The molecule has 0 aliphatic carbocycles. The molecule has 0 aliphatic rings. The third kappa shape index (κ3) is 4.37. The van der Waals surface area contributed by atoms with Crippen LogP contribution < -0.4 is 5.32 Å². The van der Waals surface area contributed by atoms with Gasteiger partial charge in [-0.25, -0.2) is 0 Å². The van der Waals surface area contributed by atoms with Crippen molar-refractivity contribution in [2.24, 2.45) is 0 Å². The standard InChI is InChI=1S/C13H25BrN4/c1-5-8-15-12(7-9-17(3)4)13-11(14)10-16-18(13)6-2/h10,12,15H,5-9H2,1-4H3. The maximum Gasteiger partial charge on any atom is 0.0696 e. The van der Waals surface area contributed by atoms with Gasteiger partial charge in [-0.1, -0.05) is 6.92 Å². The van der Waals surface area contributed by atoms with E-state index in [-0.39, 0.29) is 0 Å². The van der Waals surface area contributed by atoms with Gasteiger partial charge in [0.1, 0.15) is 0 Å². The number of hydrogen-bond acceptors (Lipinski definition) is 3. The maximum atomic E-state index is 4.41. The fraction of sp³-hybridized carbons (Fsp3) is 0.769. The Morgan fingerprint density at radius 2 is 2.17 bits per heavy atom. The van der Waals surface area contributed by atoms with Crippen LogP contribution in [0.3, 0.4) is 0 Å². The summed E-state index contributed by atoms with van der Waals surface area (Å²) in [6, 6.07) is 0.365. The van der Waals surface area contributed by atoms with Crippen LogP contribution in [-0.2, 0) is 6.54 Å². The van der Waals surface area contributed by atoms with Crippen molar-refractivity contribution in [1.82, 2.24) is 20.0 Å². The van der Waals surface area contributed by atoms with E-state index in [1.54, 1.807) is 0 Å². The lowest BCUT2D eigenvalue weighted by atomic mass is 10.1. The minimum absolute atomic E-state index is 0.365. The second-order valence-electron chi connectivity index (χ2n) is 4.79. The topological polar surface area (TPSA) is 33.1 Å². The van der Waals surface area contributed by atoms with Crippen LogP contribution in [0.25, 0.3) is 0 Å². The number of nitrogens with zero attached hydrogens (tertiary/aromatic N) is 3. The molecule has 1 rings (SSSR count). The minimum Gasteiger partial charge on any atom is -0.309 e. The first-order valence-electron chi connectivity index (χ1n) is 6.69. The third-order valence-electron chi connectivity index (χ3n) is 2.97. The molecule has 0 radical (unpaired) electrons. The van der Waals surface area contributed by atoms with E-state index < -0.39 is 0 Å². The molecule has 1 aromatic heterocycles. The highest BCUT2D eigenvalue weighted by Gasteiger charge is 2.19. The summed E-state index contributed by atoms with van der Waals surface area (Å²) in [4.78, 5) is 2.22. The summed E-state index contributed by atoms with van der Waals surface area (Å²) in [5.41, 5.74) is 1.27. The summed E-state index contributed by atoms with van der Waals surface area (Å²) in [7, 11) is 4.23. The summed E-state index contributed by atoms with van der Waals surface area (Å²) in [5, 5.41) is 8.03. The number of nitrogens with one attached hydrogen (secondary N) is 1. The number of aryl methyl sites for hydroxylation is 1. The van der Waals surface area contributed by atoms with Crippen molar-refractivity contribution < 1.29 is 0 Å². The van der Waals surface area contributed by atoms with Gasteiger partial charge in [0.25, 0.3) is 0 Å². The van der Waals surface area contributed by atoms with Gasteiger partial charge in [0.05, 0.1) is 22.4 Å². The smallest absolute Gasteiger partial charge is 0.0696 e. The van der Waals surface area contributed by atoms with Gasteiger partial charge in [-0.3, -0.25) is 4.68 Å². The van der Waals surface area contributed by atoms with Crippen molar-refractivity contribution in [2.75, 3.05) is 27.2 Å². The van der Waals surface area contributed by atoms with E-state index in [2.05, 4.69) is 63.9 Å². The molecule has 0 saturated heterocycles. The van der Waals surface area contributed by atoms with E-state index >= 15 is 0 Å². The van der Waals surface area contributed by atoms with Gasteiger partial charge in [0.15, 0.2) is 0 Å². The van der Waals surface area contributed by atoms with E-state index in [1.165, 1.54) is 5.69 Å². The van der Waals surface area contributed by atoms with Crippen molar-refractivity contribution in [3.8, 4) is 0 Å². The molecule has 5 heteroatoms. The molecule has 18 heavy (non-hydrogen) atoms. The lowest BCUT2D eigenvalue weighted by Gasteiger charge is -2.22. The molecular weight excluding hydrogens is 292 g/mol. The predicted molar refractivity (Wildman–Crippen MR) is 79.8 cm³/mol. The summed E-state index contributed by atoms with van der Waals surface area (Å²) >= 11 is 3.62. The largest absolute Gasteiger partial charge is 0.309 e. The molecule has 1 N–H and O–H groups in total. The van der Waals surface area contributed by atoms with Gasteiger partial charge in [-0.2, -0.15) is 5.10 Å². The maximum absolute atomic E-state index is 4.41. The molecule has 1 heterocycles. The van der Waals surface area contributed by atoms with E-state index in [1.807, 2.05) is 6.20 Å². The zero-order valence-corrected chi connectivity index (χ0v) is 13.5. The molecule has 4 nitrogen and oxygen atoms in total. The summed E-state index contributed by atoms with van der Waals surface area (Å²) in [5.74, 6) is 0. The quantitative estimate of drug-likeness (QED) is 0.800. The first kappa shape index (κ1) is 15.7. The van der Waals surface area contributed by atoms with Gasteiger partial charge >= 0.3 is 0 Å². The van der Waals surface area contributed by atoms with Gasteiger partial charge in [0, 0.05) is 6.54 Å². The van der Waals surface area contributed by atoms with Crippen LogP contribution in [0.4, 0.5) is 0 Å². The number of aromatic nitrogens is 2. The Bertz CT molecular complexity index is 349. The lowest BCUT2D eigenvalue weighted by molar-refractivity contribution is 0.351. The van der Waals surface area contributed by atoms with Gasteiger partial charge < -0.3 is 10.2 Å². The molecule has 0 spiro atoms. The Kier molecular flexibility index (Phi) is 6.89. The van der Waals surface area contributed by atoms with Crippen molar-refractivity contribution in [1.29, 1.82) is 0 Å². The highest BCUT2D eigenvalue weighted by atomic mass is 79.9. The molecule has 0 aromatic carbocycles. The monoisotopic (exact) mass is 316 g/mol. The molecule has 1 atom stereocenters. The van der Waals surface area contributed by atoms with Crippen LogP contribution >= 0.6 is 15.9 Å². The van der Waals surface area contributed by atoms with Crippen molar-refractivity contribution >= 4 is 15.9 Å². The molecule has 0 aliphatic heterocycles. The van der Waals surface area contributed by atoms with Gasteiger partial charge in [-0.05, 0) is 62.9 Å².